The number of thiazole rings is 1. The van der Waals surface area contributed by atoms with E-state index in [4.69, 9.17) is 4.74 Å². The lowest BCUT2D eigenvalue weighted by Crippen LogP contribution is -2.22. The third-order valence-corrected chi connectivity index (χ3v) is 4.51. The van der Waals surface area contributed by atoms with Crippen LogP contribution in [0.4, 0.5) is 5.69 Å². The van der Waals surface area contributed by atoms with Crippen molar-refractivity contribution in [1.82, 2.24) is 9.88 Å². The number of rotatable bonds is 7. The fraction of sp³-hybridized carbons (Fsp3) is 0.375. The minimum absolute atomic E-state index is 0.0300. The standard InChI is InChI=1S/C16H19N3O4S/c1-4-23-16(20)15-17-13(10-24-15)9-18(3)11(2)12-6-5-7-14(8-12)19(21)22/h5-8,10-11H,4,9H2,1-3H3/t11-/m0/s1. The lowest BCUT2D eigenvalue weighted by molar-refractivity contribution is -0.384. The molecular formula is C16H19N3O4S. The molecule has 7 nitrogen and oxygen atoms in total. The SMILES string of the molecule is CCOC(=O)c1nc(CN(C)[C@@H](C)c2cccc([N+](=O)[O-])c2)cs1. The van der Waals surface area contributed by atoms with Gasteiger partial charge in [-0.1, -0.05) is 12.1 Å². The molecule has 8 heteroatoms. The van der Waals surface area contributed by atoms with E-state index in [1.54, 1.807) is 19.1 Å². The van der Waals surface area contributed by atoms with Crippen LogP contribution in [-0.2, 0) is 11.3 Å². The molecule has 2 rings (SSSR count). The zero-order valence-electron chi connectivity index (χ0n) is 13.8. The van der Waals surface area contributed by atoms with E-state index in [1.807, 2.05) is 30.3 Å². The normalized spacial score (nSPS) is 12.2. The van der Waals surface area contributed by atoms with E-state index in [0.717, 1.165) is 11.3 Å². The van der Waals surface area contributed by atoms with E-state index in [1.165, 1.54) is 17.4 Å². The second-order valence-electron chi connectivity index (χ2n) is 5.31. The van der Waals surface area contributed by atoms with Gasteiger partial charge in [-0.3, -0.25) is 15.0 Å². The van der Waals surface area contributed by atoms with Gasteiger partial charge in [-0.2, -0.15) is 0 Å². The molecule has 24 heavy (non-hydrogen) atoms. The zero-order chi connectivity index (χ0) is 17.7. The van der Waals surface area contributed by atoms with Crippen LogP contribution in [0.2, 0.25) is 0 Å². The van der Waals surface area contributed by atoms with E-state index in [0.29, 0.717) is 18.2 Å². The van der Waals surface area contributed by atoms with E-state index >= 15 is 0 Å². The van der Waals surface area contributed by atoms with E-state index in [9.17, 15) is 14.9 Å². The molecule has 1 atom stereocenters. The summed E-state index contributed by atoms with van der Waals surface area (Å²) >= 11 is 1.25. The number of esters is 1. The van der Waals surface area contributed by atoms with Gasteiger partial charge < -0.3 is 4.74 Å². The van der Waals surface area contributed by atoms with Crippen LogP contribution >= 0.6 is 11.3 Å². The molecule has 0 aliphatic heterocycles. The third kappa shape index (κ3) is 4.36. The van der Waals surface area contributed by atoms with Gasteiger partial charge in [-0.25, -0.2) is 9.78 Å². The van der Waals surface area contributed by atoms with Gasteiger partial charge in [0.2, 0.25) is 5.01 Å². The van der Waals surface area contributed by atoms with Crippen LogP contribution in [0.15, 0.2) is 29.6 Å². The van der Waals surface area contributed by atoms with Crippen LogP contribution in [0.5, 0.6) is 0 Å². The topological polar surface area (TPSA) is 85.6 Å². The van der Waals surface area contributed by atoms with Gasteiger partial charge in [0.1, 0.15) is 0 Å². The van der Waals surface area contributed by atoms with Gasteiger partial charge in [0.05, 0.1) is 17.2 Å². The number of hydrogen-bond acceptors (Lipinski definition) is 7. The summed E-state index contributed by atoms with van der Waals surface area (Å²) in [5.41, 5.74) is 1.70. The molecule has 0 aliphatic rings. The molecule has 0 unspecified atom stereocenters. The Kier molecular flexibility index (Phi) is 5.99. The highest BCUT2D eigenvalue weighted by atomic mass is 32.1. The van der Waals surface area contributed by atoms with Gasteiger partial charge >= 0.3 is 5.97 Å². The predicted molar refractivity (Wildman–Crippen MR) is 91.0 cm³/mol. The molecule has 0 bridgehead atoms. The number of carbonyl (C=O) groups excluding carboxylic acids is 1. The fourth-order valence-electron chi connectivity index (χ4n) is 2.21. The number of nitro benzene ring substituents is 1. The molecule has 1 heterocycles. The second kappa shape index (κ2) is 7.98. The Balaban J connectivity index is 2.06. The van der Waals surface area contributed by atoms with Gasteiger partial charge in [0.25, 0.3) is 5.69 Å². The number of carbonyl (C=O) groups is 1. The molecule has 0 aliphatic carbocycles. The largest absolute Gasteiger partial charge is 0.461 e. The number of aromatic nitrogens is 1. The molecule has 128 valence electrons. The summed E-state index contributed by atoms with van der Waals surface area (Å²) in [5, 5.41) is 13.1. The van der Waals surface area contributed by atoms with Gasteiger partial charge in [0, 0.05) is 30.1 Å². The van der Waals surface area contributed by atoms with E-state index in [2.05, 4.69) is 4.98 Å². The van der Waals surface area contributed by atoms with Crippen molar-refractivity contribution in [1.29, 1.82) is 0 Å². The molecule has 0 saturated heterocycles. The first-order valence-corrected chi connectivity index (χ1v) is 8.36. The van der Waals surface area contributed by atoms with Crippen molar-refractivity contribution in [2.24, 2.45) is 0 Å². The van der Waals surface area contributed by atoms with Crippen LogP contribution in [0.25, 0.3) is 0 Å². The Morgan fingerprint density at radius 2 is 2.25 bits per heavy atom. The Labute approximate surface area is 144 Å². The second-order valence-corrected chi connectivity index (χ2v) is 6.17. The number of benzene rings is 1. The van der Waals surface area contributed by atoms with Crippen LogP contribution in [-0.4, -0.2) is 34.4 Å². The summed E-state index contributed by atoms with van der Waals surface area (Å²) in [6.45, 7) is 4.57. The Hall–Kier alpha value is -2.32. The van der Waals surface area contributed by atoms with Crippen molar-refractivity contribution in [3.8, 4) is 0 Å². The number of nitrogens with zero attached hydrogens (tertiary/aromatic N) is 3. The van der Waals surface area contributed by atoms with Crippen molar-refractivity contribution in [2.75, 3.05) is 13.7 Å². The number of nitro groups is 1. The number of non-ortho nitro benzene ring substituents is 1. The maximum absolute atomic E-state index is 11.6. The van der Waals surface area contributed by atoms with Gasteiger partial charge in [0.15, 0.2) is 0 Å². The predicted octanol–water partition coefficient (Wildman–Crippen LogP) is 3.42. The van der Waals surface area contributed by atoms with Crippen molar-refractivity contribution in [3.63, 3.8) is 0 Å². The Bertz CT molecular complexity index is 732. The Morgan fingerprint density at radius 3 is 2.92 bits per heavy atom. The molecule has 0 radical (unpaired) electrons. The minimum atomic E-state index is -0.414. The summed E-state index contributed by atoms with van der Waals surface area (Å²) < 4.78 is 4.93. The first kappa shape index (κ1) is 18.0. The van der Waals surface area contributed by atoms with Crippen LogP contribution in [0.3, 0.4) is 0 Å². The van der Waals surface area contributed by atoms with E-state index in [-0.39, 0.29) is 11.7 Å². The van der Waals surface area contributed by atoms with E-state index < -0.39 is 10.9 Å². The lowest BCUT2D eigenvalue weighted by Gasteiger charge is -2.24. The molecule has 0 saturated carbocycles. The number of ether oxygens (including phenoxy) is 1. The van der Waals surface area contributed by atoms with Crippen molar-refractivity contribution in [2.45, 2.75) is 26.4 Å². The zero-order valence-corrected chi connectivity index (χ0v) is 14.6. The molecule has 2 aromatic rings. The van der Waals surface area contributed by atoms with Crippen LogP contribution < -0.4 is 0 Å². The molecule has 0 fully saturated rings. The highest BCUT2D eigenvalue weighted by Crippen LogP contribution is 2.24. The average molecular weight is 349 g/mol. The molecule has 0 spiro atoms. The first-order chi connectivity index (χ1) is 11.4. The smallest absolute Gasteiger partial charge is 0.367 e. The van der Waals surface area contributed by atoms with Crippen LogP contribution in [0, 0.1) is 10.1 Å². The van der Waals surface area contributed by atoms with Gasteiger partial charge in [-0.15, -0.1) is 11.3 Å². The van der Waals surface area contributed by atoms with Crippen LogP contribution in [0.1, 0.15) is 40.9 Å². The molecule has 0 amide bonds. The quantitative estimate of drug-likeness (QED) is 0.432. The first-order valence-electron chi connectivity index (χ1n) is 7.48. The fourth-order valence-corrected chi connectivity index (χ4v) is 2.91. The average Bonchev–Trinajstić information content (AvgIpc) is 3.03. The number of hydrogen-bond donors (Lipinski definition) is 0. The summed E-state index contributed by atoms with van der Waals surface area (Å²) in [4.78, 5) is 28.4. The van der Waals surface area contributed by atoms with Crippen molar-refractivity contribution in [3.05, 3.63) is 56.0 Å². The third-order valence-electron chi connectivity index (χ3n) is 3.64. The maximum atomic E-state index is 11.6. The summed E-state index contributed by atoms with van der Waals surface area (Å²) in [7, 11) is 1.91. The lowest BCUT2D eigenvalue weighted by atomic mass is 10.1. The maximum Gasteiger partial charge on any atom is 0.367 e. The highest BCUT2D eigenvalue weighted by Gasteiger charge is 2.18. The van der Waals surface area contributed by atoms with Crippen molar-refractivity contribution >= 4 is 23.0 Å². The molecule has 0 N–H and O–H groups in total. The van der Waals surface area contributed by atoms with Gasteiger partial charge in [-0.05, 0) is 26.5 Å². The Morgan fingerprint density at radius 1 is 1.50 bits per heavy atom. The highest BCUT2D eigenvalue weighted by molar-refractivity contribution is 7.11. The summed E-state index contributed by atoms with van der Waals surface area (Å²) in [5.74, 6) is -0.414. The van der Waals surface area contributed by atoms with Crippen molar-refractivity contribution < 1.29 is 14.5 Å². The summed E-state index contributed by atoms with van der Waals surface area (Å²) in [6.07, 6.45) is 0. The minimum Gasteiger partial charge on any atom is -0.461 e. The summed E-state index contributed by atoms with van der Waals surface area (Å²) in [6, 6.07) is 6.56. The molecular weight excluding hydrogens is 330 g/mol. The monoisotopic (exact) mass is 349 g/mol. The molecule has 1 aromatic carbocycles. The molecule has 1 aromatic heterocycles.